The molecule has 1 fully saturated rings. The van der Waals surface area contributed by atoms with E-state index in [1.54, 1.807) is 6.07 Å². The number of rotatable bonds is 3. The number of ether oxygens (including phenoxy) is 1. The van der Waals surface area contributed by atoms with E-state index in [0.29, 0.717) is 12.8 Å². The van der Waals surface area contributed by atoms with E-state index in [0.717, 1.165) is 13.1 Å². The highest BCUT2D eigenvalue weighted by Gasteiger charge is 2.32. The number of benzene rings is 1. The summed E-state index contributed by atoms with van der Waals surface area (Å²) >= 11 is 0. The summed E-state index contributed by atoms with van der Waals surface area (Å²) in [5.74, 6) is -0.859. The summed E-state index contributed by atoms with van der Waals surface area (Å²) in [6.45, 7) is 1.47. The minimum Gasteiger partial charge on any atom is -0.404 e. The van der Waals surface area contributed by atoms with Crippen LogP contribution in [0.1, 0.15) is 12.8 Å². The fourth-order valence-corrected chi connectivity index (χ4v) is 2.10. The van der Waals surface area contributed by atoms with Gasteiger partial charge in [-0.1, -0.05) is 12.1 Å². The molecule has 0 atom stereocenters. The Morgan fingerprint density at radius 2 is 1.86 bits per heavy atom. The van der Waals surface area contributed by atoms with Crippen molar-refractivity contribution < 1.29 is 22.7 Å². The van der Waals surface area contributed by atoms with E-state index in [9.17, 15) is 18.0 Å². The number of hydrogen-bond acceptors (Lipinski definition) is 3. The zero-order valence-corrected chi connectivity index (χ0v) is 11.9. The van der Waals surface area contributed by atoms with E-state index in [1.165, 1.54) is 18.2 Å². The maximum atomic E-state index is 12.3. The first-order valence-corrected chi connectivity index (χ1v) is 6.32. The van der Waals surface area contributed by atoms with E-state index in [-0.39, 0.29) is 29.9 Å². The minimum absolute atomic E-state index is 0. The van der Waals surface area contributed by atoms with Gasteiger partial charge >= 0.3 is 6.36 Å². The maximum Gasteiger partial charge on any atom is 0.573 e. The smallest absolute Gasteiger partial charge is 0.404 e. The SMILES string of the molecule is Cl.O=C(Nc1ccccc1OC(F)(F)F)C1CCNCC1. The third-order valence-electron chi connectivity index (χ3n) is 3.08. The van der Waals surface area contributed by atoms with Gasteiger partial charge in [-0.2, -0.15) is 0 Å². The van der Waals surface area contributed by atoms with Crippen LogP contribution in [0, 0.1) is 5.92 Å². The van der Waals surface area contributed by atoms with Crippen LogP contribution in [-0.4, -0.2) is 25.4 Å². The molecule has 2 N–H and O–H groups in total. The topological polar surface area (TPSA) is 50.4 Å². The largest absolute Gasteiger partial charge is 0.573 e. The van der Waals surface area contributed by atoms with Crippen molar-refractivity contribution in [2.75, 3.05) is 18.4 Å². The first-order chi connectivity index (χ1) is 9.46. The number of anilines is 1. The molecule has 1 saturated heterocycles. The monoisotopic (exact) mass is 324 g/mol. The highest BCUT2D eigenvalue weighted by atomic mass is 35.5. The van der Waals surface area contributed by atoms with Gasteiger partial charge in [0.25, 0.3) is 0 Å². The first kappa shape index (κ1) is 17.6. The number of alkyl halides is 3. The molecule has 1 aromatic carbocycles. The minimum atomic E-state index is -4.78. The number of hydrogen-bond donors (Lipinski definition) is 2. The second-order valence-electron chi connectivity index (χ2n) is 4.56. The molecule has 118 valence electrons. The van der Waals surface area contributed by atoms with Crippen LogP contribution in [0.3, 0.4) is 0 Å². The Morgan fingerprint density at radius 1 is 1.24 bits per heavy atom. The summed E-state index contributed by atoms with van der Waals surface area (Å²) in [5, 5.41) is 5.63. The molecule has 0 bridgehead atoms. The van der Waals surface area contributed by atoms with Crippen molar-refractivity contribution in [1.82, 2.24) is 5.32 Å². The molecule has 0 spiro atoms. The van der Waals surface area contributed by atoms with Crippen LogP contribution in [0.4, 0.5) is 18.9 Å². The van der Waals surface area contributed by atoms with Crippen LogP contribution in [0.25, 0.3) is 0 Å². The van der Waals surface area contributed by atoms with Gasteiger partial charge in [0.05, 0.1) is 5.69 Å². The third kappa shape index (κ3) is 5.43. The van der Waals surface area contributed by atoms with Crippen LogP contribution in [0.5, 0.6) is 5.75 Å². The summed E-state index contributed by atoms with van der Waals surface area (Å²) in [7, 11) is 0. The highest BCUT2D eigenvalue weighted by molar-refractivity contribution is 5.94. The first-order valence-electron chi connectivity index (χ1n) is 6.32. The van der Waals surface area contributed by atoms with Crippen molar-refractivity contribution >= 4 is 24.0 Å². The van der Waals surface area contributed by atoms with Crippen LogP contribution in [-0.2, 0) is 4.79 Å². The Bertz CT molecular complexity index is 477. The lowest BCUT2D eigenvalue weighted by atomic mass is 9.97. The van der Waals surface area contributed by atoms with Crippen molar-refractivity contribution in [3.05, 3.63) is 24.3 Å². The Kier molecular flexibility index (Phi) is 6.29. The molecular weight excluding hydrogens is 309 g/mol. The van der Waals surface area contributed by atoms with Crippen molar-refractivity contribution in [2.45, 2.75) is 19.2 Å². The zero-order valence-electron chi connectivity index (χ0n) is 11.1. The Balaban J connectivity index is 0.00000220. The molecule has 21 heavy (non-hydrogen) atoms. The van der Waals surface area contributed by atoms with Crippen LogP contribution < -0.4 is 15.4 Å². The van der Waals surface area contributed by atoms with Crippen LogP contribution in [0.15, 0.2) is 24.3 Å². The van der Waals surface area contributed by atoms with E-state index < -0.39 is 12.1 Å². The normalized spacial score (nSPS) is 16.0. The summed E-state index contributed by atoms with van der Waals surface area (Å²) in [5.41, 5.74) is 0.0355. The number of para-hydroxylation sites is 2. The average Bonchev–Trinajstić information content (AvgIpc) is 2.40. The van der Waals surface area contributed by atoms with Gasteiger partial charge in [-0.3, -0.25) is 4.79 Å². The Hall–Kier alpha value is -1.47. The number of nitrogens with one attached hydrogen (secondary N) is 2. The standard InChI is InChI=1S/C13H15F3N2O2.ClH/c14-13(15,16)20-11-4-2-1-3-10(11)18-12(19)9-5-7-17-8-6-9;/h1-4,9,17H,5-8H2,(H,18,19);1H. The van der Waals surface area contributed by atoms with E-state index in [1.807, 2.05) is 0 Å². The summed E-state index contributed by atoms with van der Waals surface area (Å²) < 4.78 is 40.7. The number of carbonyl (C=O) groups is 1. The molecule has 0 aliphatic carbocycles. The van der Waals surface area contributed by atoms with Gasteiger partial charge in [-0.05, 0) is 38.1 Å². The molecular formula is C13H16ClF3N2O2. The van der Waals surface area contributed by atoms with Crippen molar-refractivity contribution in [3.63, 3.8) is 0 Å². The quantitative estimate of drug-likeness (QED) is 0.899. The molecule has 1 aliphatic rings. The van der Waals surface area contributed by atoms with E-state index in [4.69, 9.17) is 0 Å². The van der Waals surface area contributed by atoms with Gasteiger partial charge in [0, 0.05) is 5.92 Å². The van der Waals surface area contributed by atoms with Crippen molar-refractivity contribution in [2.24, 2.45) is 5.92 Å². The molecule has 1 amide bonds. The lowest BCUT2D eigenvalue weighted by molar-refractivity contribution is -0.274. The molecule has 0 unspecified atom stereocenters. The predicted octanol–water partition coefficient (Wildman–Crippen LogP) is 2.95. The number of carbonyl (C=O) groups excluding carboxylic acids is 1. The molecule has 4 nitrogen and oxygen atoms in total. The zero-order chi connectivity index (χ0) is 14.6. The molecule has 0 radical (unpaired) electrons. The van der Waals surface area contributed by atoms with Crippen LogP contribution >= 0.6 is 12.4 Å². The number of halogens is 4. The fraction of sp³-hybridized carbons (Fsp3) is 0.462. The summed E-state index contributed by atoms with van der Waals surface area (Å²) in [4.78, 5) is 12.0. The fourth-order valence-electron chi connectivity index (χ4n) is 2.10. The second-order valence-corrected chi connectivity index (χ2v) is 4.56. The van der Waals surface area contributed by atoms with Gasteiger partial charge in [-0.25, -0.2) is 0 Å². The lowest BCUT2D eigenvalue weighted by Crippen LogP contribution is -2.34. The third-order valence-corrected chi connectivity index (χ3v) is 3.08. The molecule has 0 aromatic heterocycles. The van der Waals surface area contributed by atoms with Crippen LogP contribution in [0.2, 0.25) is 0 Å². The van der Waals surface area contributed by atoms with Gasteiger partial charge < -0.3 is 15.4 Å². The van der Waals surface area contributed by atoms with E-state index >= 15 is 0 Å². The molecule has 0 saturated carbocycles. The maximum absolute atomic E-state index is 12.3. The van der Waals surface area contributed by atoms with Gasteiger partial charge in [0.15, 0.2) is 5.75 Å². The van der Waals surface area contributed by atoms with Gasteiger partial charge in [0.2, 0.25) is 5.91 Å². The van der Waals surface area contributed by atoms with Gasteiger partial charge in [-0.15, -0.1) is 25.6 Å². The molecule has 1 aliphatic heterocycles. The second kappa shape index (κ2) is 7.51. The Morgan fingerprint density at radius 3 is 2.48 bits per heavy atom. The van der Waals surface area contributed by atoms with E-state index in [2.05, 4.69) is 15.4 Å². The lowest BCUT2D eigenvalue weighted by Gasteiger charge is -2.22. The molecule has 2 rings (SSSR count). The van der Waals surface area contributed by atoms with Gasteiger partial charge in [0.1, 0.15) is 0 Å². The number of amides is 1. The number of piperidine rings is 1. The highest BCUT2D eigenvalue weighted by Crippen LogP contribution is 2.30. The molecule has 8 heteroatoms. The summed E-state index contributed by atoms with van der Waals surface area (Å²) in [6, 6.07) is 5.52. The van der Waals surface area contributed by atoms with Crippen molar-refractivity contribution in [1.29, 1.82) is 0 Å². The summed E-state index contributed by atoms with van der Waals surface area (Å²) in [6.07, 6.45) is -3.43. The average molecular weight is 325 g/mol. The van der Waals surface area contributed by atoms with Crippen molar-refractivity contribution in [3.8, 4) is 5.75 Å². The molecule has 1 aromatic rings. The Labute approximate surface area is 126 Å². The predicted molar refractivity (Wildman–Crippen MR) is 74.6 cm³/mol. The molecule has 1 heterocycles.